The fourth-order valence-electron chi connectivity index (χ4n) is 3.83. The SMILES string of the molecule is Cc1ccc(C2CC(c3cc(C(=O)CC(C)C)cc(-c4ccc(C)cc4F)c3)=NO2)nc1. The number of oxime groups is 1. The van der Waals surface area contributed by atoms with Gasteiger partial charge in [-0.25, -0.2) is 4.39 Å². The highest BCUT2D eigenvalue weighted by Crippen LogP contribution is 2.32. The van der Waals surface area contributed by atoms with Crippen molar-refractivity contribution in [1.29, 1.82) is 0 Å². The lowest BCUT2D eigenvalue weighted by molar-refractivity contribution is 0.0825. The van der Waals surface area contributed by atoms with E-state index < -0.39 is 0 Å². The van der Waals surface area contributed by atoms with Gasteiger partial charge in [0.15, 0.2) is 11.9 Å². The zero-order valence-corrected chi connectivity index (χ0v) is 18.9. The highest BCUT2D eigenvalue weighted by molar-refractivity contribution is 6.05. The second-order valence-corrected chi connectivity index (χ2v) is 8.90. The van der Waals surface area contributed by atoms with E-state index >= 15 is 0 Å². The monoisotopic (exact) mass is 430 g/mol. The van der Waals surface area contributed by atoms with Crippen LogP contribution in [0.3, 0.4) is 0 Å². The first kappa shape index (κ1) is 21.9. The van der Waals surface area contributed by atoms with Crippen molar-refractivity contribution in [3.05, 3.63) is 88.5 Å². The molecule has 5 heteroatoms. The van der Waals surface area contributed by atoms with E-state index in [1.54, 1.807) is 18.3 Å². The van der Waals surface area contributed by atoms with E-state index in [0.717, 1.165) is 28.1 Å². The molecule has 0 N–H and O–H groups in total. The summed E-state index contributed by atoms with van der Waals surface area (Å²) in [5.74, 6) is -0.0440. The summed E-state index contributed by atoms with van der Waals surface area (Å²) in [6.45, 7) is 7.86. The van der Waals surface area contributed by atoms with Crippen LogP contribution in [0.5, 0.6) is 0 Å². The van der Waals surface area contributed by atoms with E-state index in [9.17, 15) is 9.18 Å². The molecule has 0 spiro atoms. The van der Waals surface area contributed by atoms with E-state index in [-0.39, 0.29) is 23.6 Å². The van der Waals surface area contributed by atoms with Gasteiger partial charge in [-0.2, -0.15) is 0 Å². The molecule has 0 saturated carbocycles. The summed E-state index contributed by atoms with van der Waals surface area (Å²) < 4.78 is 14.8. The molecule has 2 aromatic carbocycles. The smallest absolute Gasteiger partial charge is 0.174 e. The summed E-state index contributed by atoms with van der Waals surface area (Å²) in [4.78, 5) is 23.0. The van der Waals surface area contributed by atoms with Crippen LogP contribution < -0.4 is 0 Å². The largest absolute Gasteiger partial charge is 0.385 e. The molecular weight excluding hydrogens is 403 g/mol. The lowest BCUT2D eigenvalue weighted by Crippen LogP contribution is -2.08. The highest BCUT2D eigenvalue weighted by atomic mass is 19.1. The number of Topliss-reactive ketones (excluding diaryl/α,β-unsaturated/α-hetero) is 1. The van der Waals surface area contributed by atoms with E-state index in [1.807, 2.05) is 58.0 Å². The Balaban J connectivity index is 1.71. The van der Waals surface area contributed by atoms with Gasteiger partial charge in [0.25, 0.3) is 0 Å². The quantitative estimate of drug-likeness (QED) is 0.414. The van der Waals surface area contributed by atoms with Gasteiger partial charge in [-0.15, -0.1) is 0 Å². The minimum atomic E-state index is -0.309. The van der Waals surface area contributed by atoms with Crippen LogP contribution in [-0.2, 0) is 4.84 Å². The fourth-order valence-corrected chi connectivity index (χ4v) is 3.83. The Bertz CT molecular complexity index is 1180. The average molecular weight is 431 g/mol. The van der Waals surface area contributed by atoms with Gasteiger partial charge in [-0.1, -0.05) is 37.2 Å². The Hall–Kier alpha value is -3.34. The van der Waals surface area contributed by atoms with Crippen molar-refractivity contribution in [3.8, 4) is 11.1 Å². The van der Waals surface area contributed by atoms with Crippen molar-refractivity contribution in [2.45, 2.75) is 46.6 Å². The standard InChI is InChI=1S/C27H27FN2O2/c1-16(2)9-26(31)21-12-19(22-7-5-17(3)10-23(22)28)11-20(13-21)25-14-27(32-30-25)24-8-6-18(4)15-29-24/h5-8,10-13,15-16,27H,9,14H2,1-4H3. The Labute approximate surface area is 188 Å². The van der Waals surface area contributed by atoms with Crippen LogP contribution in [0.25, 0.3) is 11.1 Å². The molecule has 0 fully saturated rings. The van der Waals surface area contributed by atoms with Crippen LogP contribution in [0.4, 0.5) is 4.39 Å². The van der Waals surface area contributed by atoms with Gasteiger partial charge >= 0.3 is 0 Å². The summed E-state index contributed by atoms with van der Waals surface area (Å²) in [6, 6.07) is 14.6. The molecule has 4 rings (SSSR count). The molecule has 0 aliphatic carbocycles. The molecule has 0 bridgehead atoms. The molecule has 0 radical (unpaired) electrons. The number of nitrogens with zero attached hydrogens (tertiary/aromatic N) is 2. The third kappa shape index (κ3) is 4.77. The molecule has 1 atom stereocenters. The maximum Gasteiger partial charge on any atom is 0.174 e. The number of hydrogen-bond donors (Lipinski definition) is 0. The molecule has 1 aromatic heterocycles. The Kier molecular flexibility index (Phi) is 6.17. The minimum Gasteiger partial charge on any atom is -0.385 e. The van der Waals surface area contributed by atoms with E-state index in [2.05, 4.69) is 10.1 Å². The number of pyridine rings is 1. The van der Waals surface area contributed by atoms with Gasteiger partial charge in [-0.05, 0) is 66.8 Å². The van der Waals surface area contributed by atoms with Crippen LogP contribution in [0, 0.1) is 25.6 Å². The lowest BCUT2D eigenvalue weighted by atomic mass is 9.92. The molecule has 0 amide bonds. The Morgan fingerprint density at radius 3 is 2.50 bits per heavy atom. The lowest BCUT2D eigenvalue weighted by Gasteiger charge is -2.12. The van der Waals surface area contributed by atoms with Crippen molar-refractivity contribution in [2.24, 2.45) is 11.1 Å². The fraction of sp³-hybridized carbons (Fsp3) is 0.296. The number of carbonyl (C=O) groups is 1. The summed E-state index contributed by atoms with van der Waals surface area (Å²) in [7, 11) is 0. The predicted molar refractivity (Wildman–Crippen MR) is 124 cm³/mol. The van der Waals surface area contributed by atoms with Gasteiger partial charge in [0.1, 0.15) is 5.82 Å². The molecule has 1 aliphatic heterocycles. The number of benzene rings is 2. The van der Waals surface area contributed by atoms with Gasteiger partial charge in [-0.3, -0.25) is 9.78 Å². The number of ketones is 1. The van der Waals surface area contributed by atoms with E-state index in [0.29, 0.717) is 29.5 Å². The molecule has 3 aromatic rings. The topological polar surface area (TPSA) is 51.5 Å². The predicted octanol–water partition coefficient (Wildman–Crippen LogP) is 6.60. The van der Waals surface area contributed by atoms with Crippen LogP contribution in [-0.4, -0.2) is 16.5 Å². The second kappa shape index (κ2) is 9.03. The first-order valence-corrected chi connectivity index (χ1v) is 10.9. The number of rotatable bonds is 6. The molecule has 0 saturated heterocycles. The normalized spacial score (nSPS) is 15.6. The van der Waals surface area contributed by atoms with E-state index in [1.165, 1.54) is 6.07 Å². The van der Waals surface area contributed by atoms with Crippen molar-refractivity contribution in [3.63, 3.8) is 0 Å². The molecule has 2 heterocycles. The van der Waals surface area contributed by atoms with Crippen LogP contribution in [0.15, 0.2) is 59.9 Å². The van der Waals surface area contributed by atoms with Crippen LogP contribution >= 0.6 is 0 Å². The van der Waals surface area contributed by atoms with Crippen molar-refractivity contribution >= 4 is 11.5 Å². The minimum absolute atomic E-state index is 0.0342. The number of hydrogen-bond acceptors (Lipinski definition) is 4. The Morgan fingerprint density at radius 1 is 1.06 bits per heavy atom. The number of halogens is 1. The van der Waals surface area contributed by atoms with E-state index in [4.69, 9.17) is 4.84 Å². The van der Waals surface area contributed by atoms with Gasteiger partial charge < -0.3 is 4.84 Å². The number of carbonyl (C=O) groups excluding carboxylic acids is 1. The molecule has 4 nitrogen and oxygen atoms in total. The molecular formula is C27H27FN2O2. The first-order chi connectivity index (χ1) is 15.3. The number of aryl methyl sites for hydroxylation is 2. The first-order valence-electron chi connectivity index (χ1n) is 10.9. The number of aromatic nitrogens is 1. The highest BCUT2D eigenvalue weighted by Gasteiger charge is 2.26. The third-order valence-corrected chi connectivity index (χ3v) is 5.55. The van der Waals surface area contributed by atoms with Crippen molar-refractivity contribution in [1.82, 2.24) is 4.98 Å². The molecule has 164 valence electrons. The van der Waals surface area contributed by atoms with Gasteiger partial charge in [0.2, 0.25) is 0 Å². The van der Waals surface area contributed by atoms with Gasteiger partial charge in [0.05, 0.1) is 11.4 Å². The third-order valence-electron chi connectivity index (χ3n) is 5.55. The van der Waals surface area contributed by atoms with Crippen LogP contribution in [0.2, 0.25) is 0 Å². The molecule has 1 aliphatic rings. The van der Waals surface area contributed by atoms with Gasteiger partial charge in [0, 0.05) is 35.7 Å². The zero-order valence-electron chi connectivity index (χ0n) is 18.9. The summed E-state index contributed by atoms with van der Waals surface area (Å²) in [5, 5.41) is 4.29. The maximum absolute atomic E-state index is 14.8. The maximum atomic E-state index is 14.8. The average Bonchev–Trinajstić information content (AvgIpc) is 3.24. The summed E-state index contributed by atoms with van der Waals surface area (Å²) >= 11 is 0. The van der Waals surface area contributed by atoms with Crippen LogP contribution in [0.1, 0.15) is 65.5 Å². The summed E-state index contributed by atoms with van der Waals surface area (Å²) in [6.07, 6.45) is 2.49. The van der Waals surface area contributed by atoms with Crippen molar-refractivity contribution in [2.75, 3.05) is 0 Å². The second-order valence-electron chi connectivity index (χ2n) is 8.90. The Morgan fingerprint density at radius 2 is 1.81 bits per heavy atom. The zero-order chi connectivity index (χ0) is 22.8. The molecule has 1 unspecified atom stereocenters. The molecule has 32 heavy (non-hydrogen) atoms. The summed E-state index contributed by atoms with van der Waals surface area (Å²) in [5.41, 5.74) is 5.92. The van der Waals surface area contributed by atoms with Crippen molar-refractivity contribution < 1.29 is 14.0 Å².